The zero-order valence-electron chi connectivity index (χ0n) is 12.4. The Balaban J connectivity index is 2.43. The molecule has 3 nitrogen and oxygen atoms in total. The van der Waals surface area contributed by atoms with Gasteiger partial charge in [0.05, 0.1) is 12.2 Å². The van der Waals surface area contributed by atoms with Crippen molar-refractivity contribution in [1.29, 1.82) is 0 Å². The maximum absolute atomic E-state index is 11.5. The van der Waals surface area contributed by atoms with Gasteiger partial charge in [0.2, 0.25) is 0 Å². The molecular weight excluding hydrogens is 228 g/mol. The van der Waals surface area contributed by atoms with E-state index in [2.05, 4.69) is 20.8 Å². The highest BCUT2D eigenvalue weighted by Gasteiger charge is 2.31. The third-order valence-electron chi connectivity index (χ3n) is 3.74. The quantitative estimate of drug-likeness (QED) is 0.707. The van der Waals surface area contributed by atoms with E-state index in [0.717, 1.165) is 6.42 Å². The summed E-state index contributed by atoms with van der Waals surface area (Å²) in [7, 11) is 0. The van der Waals surface area contributed by atoms with Gasteiger partial charge < -0.3 is 9.47 Å². The highest BCUT2D eigenvalue weighted by atomic mass is 16.6. The lowest BCUT2D eigenvalue weighted by Crippen LogP contribution is -2.36. The predicted octanol–water partition coefficient (Wildman–Crippen LogP) is 3.42. The van der Waals surface area contributed by atoms with Gasteiger partial charge in [-0.15, -0.1) is 0 Å². The third-order valence-corrected chi connectivity index (χ3v) is 3.74. The highest BCUT2D eigenvalue weighted by Crippen LogP contribution is 2.35. The van der Waals surface area contributed by atoms with Crippen LogP contribution in [0, 0.1) is 17.8 Å². The van der Waals surface area contributed by atoms with Crippen molar-refractivity contribution >= 4 is 5.97 Å². The van der Waals surface area contributed by atoms with Gasteiger partial charge in [-0.3, -0.25) is 0 Å². The van der Waals surface area contributed by atoms with E-state index in [1.807, 2.05) is 13.8 Å². The zero-order valence-corrected chi connectivity index (χ0v) is 12.4. The summed E-state index contributed by atoms with van der Waals surface area (Å²) in [5.74, 6) is 1.65. The molecule has 0 heterocycles. The molecule has 0 aromatic rings. The fourth-order valence-corrected chi connectivity index (χ4v) is 2.78. The molecule has 18 heavy (non-hydrogen) atoms. The topological polar surface area (TPSA) is 35.5 Å². The van der Waals surface area contributed by atoms with Gasteiger partial charge in [0.25, 0.3) is 0 Å². The summed E-state index contributed by atoms with van der Waals surface area (Å²) >= 11 is 0. The normalized spacial score (nSPS) is 28.7. The Labute approximate surface area is 111 Å². The SMILES string of the molecule is CC1CC[C@@H](C(C)C)[C@H](OCC(=O)OC(C)C)C1. The van der Waals surface area contributed by atoms with E-state index in [0.29, 0.717) is 17.8 Å². The molecule has 0 saturated heterocycles. The minimum atomic E-state index is -0.245. The average Bonchev–Trinajstić information content (AvgIpc) is 2.25. The molecule has 0 radical (unpaired) electrons. The van der Waals surface area contributed by atoms with Gasteiger partial charge in [0.15, 0.2) is 0 Å². The lowest BCUT2D eigenvalue weighted by Gasteiger charge is -2.36. The van der Waals surface area contributed by atoms with Gasteiger partial charge in [-0.25, -0.2) is 4.79 Å². The maximum Gasteiger partial charge on any atom is 0.332 e. The number of esters is 1. The average molecular weight is 256 g/mol. The summed E-state index contributed by atoms with van der Waals surface area (Å²) in [6.45, 7) is 10.6. The van der Waals surface area contributed by atoms with Gasteiger partial charge >= 0.3 is 5.97 Å². The highest BCUT2D eigenvalue weighted by molar-refractivity contribution is 5.70. The molecule has 0 bridgehead atoms. The molecule has 0 aromatic heterocycles. The minimum absolute atomic E-state index is 0.0627. The van der Waals surface area contributed by atoms with Crippen molar-refractivity contribution in [3.05, 3.63) is 0 Å². The first kappa shape index (κ1) is 15.5. The van der Waals surface area contributed by atoms with E-state index in [-0.39, 0.29) is 24.8 Å². The summed E-state index contributed by atoms with van der Waals surface area (Å²) in [5.41, 5.74) is 0. The van der Waals surface area contributed by atoms with Crippen molar-refractivity contribution < 1.29 is 14.3 Å². The number of hydrogen-bond donors (Lipinski definition) is 0. The van der Waals surface area contributed by atoms with Crippen molar-refractivity contribution in [3.63, 3.8) is 0 Å². The third kappa shape index (κ3) is 4.97. The summed E-state index contributed by atoms with van der Waals surface area (Å²) in [4.78, 5) is 11.5. The van der Waals surface area contributed by atoms with Crippen LogP contribution in [-0.4, -0.2) is 24.8 Å². The molecule has 3 heteroatoms. The Hall–Kier alpha value is -0.570. The van der Waals surface area contributed by atoms with Crippen molar-refractivity contribution in [2.45, 2.75) is 66.1 Å². The predicted molar refractivity (Wildman–Crippen MR) is 72.3 cm³/mol. The molecule has 1 aliphatic carbocycles. The van der Waals surface area contributed by atoms with Crippen LogP contribution in [0.5, 0.6) is 0 Å². The molecule has 0 aromatic carbocycles. The van der Waals surface area contributed by atoms with Gasteiger partial charge in [-0.2, -0.15) is 0 Å². The number of rotatable bonds is 5. The standard InChI is InChI=1S/C15H28O3/c1-10(2)13-7-6-12(5)8-14(13)17-9-15(16)18-11(3)4/h10-14H,6-9H2,1-5H3/t12?,13-,14+/m0/s1. The number of carbonyl (C=O) groups excluding carboxylic acids is 1. The second-order valence-electron chi connectivity index (χ2n) is 6.21. The van der Waals surface area contributed by atoms with E-state index in [9.17, 15) is 4.79 Å². The summed E-state index contributed by atoms with van der Waals surface area (Å²) < 4.78 is 10.9. The van der Waals surface area contributed by atoms with E-state index < -0.39 is 0 Å². The second-order valence-corrected chi connectivity index (χ2v) is 6.21. The fraction of sp³-hybridized carbons (Fsp3) is 0.933. The molecular formula is C15H28O3. The van der Waals surface area contributed by atoms with E-state index in [1.165, 1.54) is 12.8 Å². The van der Waals surface area contributed by atoms with Crippen LogP contribution >= 0.6 is 0 Å². The molecule has 0 N–H and O–H groups in total. The first-order chi connectivity index (χ1) is 8.40. The summed E-state index contributed by atoms with van der Waals surface area (Å²) in [6, 6.07) is 0. The summed E-state index contributed by atoms with van der Waals surface area (Å²) in [5, 5.41) is 0. The number of carbonyl (C=O) groups is 1. The Bertz CT molecular complexity index is 260. The monoisotopic (exact) mass is 256 g/mol. The smallest absolute Gasteiger partial charge is 0.332 e. The maximum atomic E-state index is 11.5. The molecule has 0 spiro atoms. The molecule has 0 amide bonds. The first-order valence-corrected chi connectivity index (χ1v) is 7.21. The fourth-order valence-electron chi connectivity index (χ4n) is 2.78. The van der Waals surface area contributed by atoms with Crippen molar-refractivity contribution in [2.75, 3.05) is 6.61 Å². The van der Waals surface area contributed by atoms with Crippen LogP contribution in [0.15, 0.2) is 0 Å². The molecule has 106 valence electrons. The van der Waals surface area contributed by atoms with Gasteiger partial charge in [-0.05, 0) is 44.4 Å². The Morgan fingerprint density at radius 3 is 2.44 bits per heavy atom. The Morgan fingerprint density at radius 1 is 1.22 bits per heavy atom. The minimum Gasteiger partial charge on any atom is -0.461 e. The molecule has 3 atom stereocenters. The molecule has 1 fully saturated rings. The van der Waals surface area contributed by atoms with Gasteiger partial charge in [0, 0.05) is 0 Å². The lowest BCUT2D eigenvalue weighted by molar-refractivity contribution is -0.158. The molecule has 1 aliphatic rings. The zero-order chi connectivity index (χ0) is 13.7. The second kappa shape index (κ2) is 7.13. The molecule has 1 saturated carbocycles. The van der Waals surface area contributed by atoms with Gasteiger partial charge in [0.1, 0.15) is 6.61 Å². The van der Waals surface area contributed by atoms with Crippen LogP contribution in [0.1, 0.15) is 53.9 Å². The van der Waals surface area contributed by atoms with Crippen LogP contribution in [0.2, 0.25) is 0 Å². The number of hydrogen-bond acceptors (Lipinski definition) is 3. The van der Waals surface area contributed by atoms with E-state index in [1.54, 1.807) is 0 Å². The molecule has 0 aliphatic heterocycles. The number of ether oxygens (including phenoxy) is 2. The van der Waals surface area contributed by atoms with Crippen molar-refractivity contribution in [2.24, 2.45) is 17.8 Å². The van der Waals surface area contributed by atoms with E-state index >= 15 is 0 Å². The van der Waals surface area contributed by atoms with E-state index in [4.69, 9.17) is 9.47 Å². The lowest BCUT2D eigenvalue weighted by atomic mass is 9.75. The molecule has 1 rings (SSSR count). The van der Waals surface area contributed by atoms with Crippen LogP contribution in [-0.2, 0) is 14.3 Å². The molecule has 1 unspecified atom stereocenters. The van der Waals surface area contributed by atoms with Crippen molar-refractivity contribution in [3.8, 4) is 0 Å². The Morgan fingerprint density at radius 2 is 1.89 bits per heavy atom. The Kier molecular flexibility index (Phi) is 6.13. The largest absolute Gasteiger partial charge is 0.461 e. The van der Waals surface area contributed by atoms with Crippen LogP contribution < -0.4 is 0 Å². The summed E-state index contributed by atoms with van der Waals surface area (Å²) in [6.07, 6.45) is 3.71. The van der Waals surface area contributed by atoms with Crippen LogP contribution in [0.4, 0.5) is 0 Å². The van der Waals surface area contributed by atoms with Gasteiger partial charge in [-0.1, -0.05) is 27.2 Å². The van der Waals surface area contributed by atoms with Crippen LogP contribution in [0.3, 0.4) is 0 Å². The first-order valence-electron chi connectivity index (χ1n) is 7.21. The van der Waals surface area contributed by atoms with Crippen LogP contribution in [0.25, 0.3) is 0 Å². The van der Waals surface area contributed by atoms with Crippen molar-refractivity contribution in [1.82, 2.24) is 0 Å².